The van der Waals surface area contributed by atoms with Gasteiger partial charge in [0.2, 0.25) is 11.7 Å². The first-order valence-corrected chi connectivity index (χ1v) is 7.88. The maximum Gasteiger partial charge on any atom is 0.246 e. The maximum atomic E-state index is 13.2. The summed E-state index contributed by atoms with van der Waals surface area (Å²) in [6.07, 6.45) is 0. The van der Waals surface area contributed by atoms with Crippen LogP contribution in [-0.4, -0.2) is 15.3 Å². The molecule has 1 aromatic heterocycles. The lowest BCUT2D eigenvalue weighted by Crippen LogP contribution is -2.28. The number of rotatable bonds is 4. The Morgan fingerprint density at radius 3 is 2.76 bits per heavy atom. The Bertz CT molecular complexity index is 919. The van der Waals surface area contributed by atoms with Crippen LogP contribution in [-0.2, 0) is 6.54 Å². The minimum atomic E-state index is -0.962. The molecule has 3 rings (SSSR count). The van der Waals surface area contributed by atoms with Crippen LogP contribution in [0.1, 0.15) is 5.89 Å². The smallest absolute Gasteiger partial charge is 0.246 e. The van der Waals surface area contributed by atoms with E-state index in [2.05, 4.69) is 20.8 Å². The third kappa shape index (κ3) is 4.49. The zero-order chi connectivity index (χ0) is 17.8. The van der Waals surface area contributed by atoms with Crippen LogP contribution in [0.4, 0.5) is 14.5 Å². The molecule has 2 N–H and O–H groups in total. The number of nitrogens with zero attached hydrogens (tertiary/aromatic N) is 2. The van der Waals surface area contributed by atoms with Crippen molar-refractivity contribution >= 4 is 34.6 Å². The van der Waals surface area contributed by atoms with Gasteiger partial charge in [0.1, 0.15) is 0 Å². The number of hydrogen-bond donors (Lipinski definition) is 2. The van der Waals surface area contributed by atoms with Gasteiger partial charge in [-0.15, -0.1) is 0 Å². The summed E-state index contributed by atoms with van der Waals surface area (Å²) in [5.41, 5.74) is 1.05. The fourth-order valence-electron chi connectivity index (χ4n) is 1.98. The van der Waals surface area contributed by atoms with Gasteiger partial charge in [-0.1, -0.05) is 28.9 Å². The van der Waals surface area contributed by atoms with Crippen molar-refractivity contribution in [3.05, 3.63) is 65.0 Å². The van der Waals surface area contributed by atoms with E-state index in [1.54, 1.807) is 18.2 Å². The van der Waals surface area contributed by atoms with Gasteiger partial charge in [-0.2, -0.15) is 4.98 Å². The number of benzene rings is 2. The third-order valence-electron chi connectivity index (χ3n) is 3.13. The first kappa shape index (κ1) is 17.2. The fourth-order valence-corrected chi connectivity index (χ4v) is 2.36. The highest BCUT2D eigenvalue weighted by molar-refractivity contribution is 7.80. The summed E-state index contributed by atoms with van der Waals surface area (Å²) in [7, 11) is 0. The predicted molar refractivity (Wildman–Crippen MR) is 94.2 cm³/mol. The van der Waals surface area contributed by atoms with Crippen molar-refractivity contribution in [2.75, 3.05) is 5.32 Å². The van der Waals surface area contributed by atoms with E-state index >= 15 is 0 Å². The molecule has 0 radical (unpaired) electrons. The molecule has 0 fully saturated rings. The maximum absolute atomic E-state index is 13.2. The summed E-state index contributed by atoms with van der Waals surface area (Å²) >= 11 is 11.0. The summed E-state index contributed by atoms with van der Waals surface area (Å²) < 4.78 is 31.2. The highest BCUT2D eigenvalue weighted by Crippen LogP contribution is 2.20. The summed E-state index contributed by atoms with van der Waals surface area (Å²) in [4.78, 5) is 4.23. The quantitative estimate of drug-likeness (QED) is 0.663. The topological polar surface area (TPSA) is 63.0 Å². The second kappa shape index (κ2) is 7.54. The van der Waals surface area contributed by atoms with E-state index in [9.17, 15) is 8.78 Å². The second-order valence-electron chi connectivity index (χ2n) is 4.96. The molecule has 0 bridgehead atoms. The standard InChI is InChI=1S/C16H11ClF2N4OS/c17-10-3-1-2-9(6-10)15-22-14(24-23-15)8-20-16(25)21-11-4-5-12(18)13(19)7-11/h1-7H,8H2,(H2,20,21,25). The van der Waals surface area contributed by atoms with Crippen molar-refractivity contribution in [2.45, 2.75) is 6.54 Å². The molecule has 128 valence electrons. The molecule has 1 heterocycles. The number of nitrogens with one attached hydrogen (secondary N) is 2. The third-order valence-corrected chi connectivity index (χ3v) is 3.61. The monoisotopic (exact) mass is 380 g/mol. The van der Waals surface area contributed by atoms with E-state index in [0.717, 1.165) is 17.7 Å². The molecule has 0 amide bonds. The molecule has 5 nitrogen and oxygen atoms in total. The number of aromatic nitrogens is 2. The van der Waals surface area contributed by atoms with Crippen LogP contribution >= 0.6 is 23.8 Å². The molecule has 0 aliphatic carbocycles. The second-order valence-corrected chi connectivity index (χ2v) is 5.80. The summed E-state index contributed by atoms with van der Waals surface area (Å²) in [5.74, 6) is -1.18. The van der Waals surface area contributed by atoms with Gasteiger partial charge in [0.05, 0.1) is 6.54 Å². The molecule has 0 atom stereocenters. The summed E-state index contributed by atoms with van der Waals surface area (Å²) in [6.45, 7) is 0.170. The SMILES string of the molecule is Fc1ccc(NC(=S)NCc2nc(-c3cccc(Cl)c3)no2)cc1F. The fraction of sp³-hybridized carbons (Fsp3) is 0.0625. The zero-order valence-electron chi connectivity index (χ0n) is 12.6. The Morgan fingerprint density at radius 1 is 1.16 bits per heavy atom. The number of anilines is 1. The highest BCUT2D eigenvalue weighted by Gasteiger charge is 2.10. The van der Waals surface area contributed by atoms with E-state index in [1.807, 2.05) is 6.07 Å². The molecule has 0 saturated carbocycles. The predicted octanol–water partition coefficient (Wildman–Crippen LogP) is 4.15. The number of hydrogen-bond acceptors (Lipinski definition) is 4. The van der Waals surface area contributed by atoms with Crippen molar-refractivity contribution in [2.24, 2.45) is 0 Å². The lowest BCUT2D eigenvalue weighted by atomic mass is 10.2. The van der Waals surface area contributed by atoms with Gasteiger partial charge < -0.3 is 15.2 Å². The Balaban J connectivity index is 1.58. The highest BCUT2D eigenvalue weighted by atomic mass is 35.5. The average Bonchev–Trinajstić information content (AvgIpc) is 3.05. The molecule has 2 aromatic carbocycles. The van der Waals surface area contributed by atoms with E-state index in [-0.39, 0.29) is 11.7 Å². The van der Waals surface area contributed by atoms with Gasteiger partial charge in [-0.25, -0.2) is 8.78 Å². The summed E-state index contributed by atoms with van der Waals surface area (Å²) in [5, 5.41) is 10.2. The molecular formula is C16H11ClF2N4OS. The van der Waals surface area contributed by atoms with Crippen LogP contribution in [0.25, 0.3) is 11.4 Å². The van der Waals surface area contributed by atoms with Crippen LogP contribution in [0.5, 0.6) is 0 Å². The van der Waals surface area contributed by atoms with Gasteiger partial charge in [-0.3, -0.25) is 0 Å². The van der Waals surface area contributed by atoms with Crippen molar-refractivity contribution in [3.63, 3.8) is 0 Å². The van der Waals surface area contributed by atoms with Gasteiger partial charge >= 0.3 is 0 Å². The van der Waals surface area contributed by atoms with Crippen LogP contribution in [0, 0.1) is 11.6 Å². The summed E-state index contributed by atoms with van der Waals surface area (Å²) in [6, 6.07) is 10.4. The van der Waals surface area contributed by atoms with Crippen LogP contribution < -0.4 is 10.6 Å². The van der Waals surface area contributed by atoms with Gasteiger partial charge in [-0.05, 0) is 36.5 Å². The van der Waals surface area contributed by atoms with E-state index < -0.39 is 11.6 Å². The van der Waals surface area contributed by atoms with E-state index in [1.165, 1.54) is 6.07 Å². The molecule has 9 heteroatoms. The molecule has 0 unspecified atom stereocenters. The van der Waals surface area contributed by atoms with Crippen LogP contribution in [0.15, 0.2) is 47.0 Å². The van der Waals surface area contributed by atoms with Gasteiger partial charge in [0.25, 0.3) is 0 Å². The zero-order valence-corrected chi connectivity index (χ0v) is 14.2. The first-order chi connectivity index (χ1) is 12.0. The largest absolute Gasteiger partial charge is 0.353 e. The van der Waals surface area contributed by atoms with E-state index in [0.29, 0.717) is 22.4 Å². The van der Waals surface area contributed by atoms with Gasteiger partial charge in [0, 0.05) is 22.3 Å². The molecule has 0 spiro atoms. The Morgan fingerprint density at radius 2 is 2.00 bits per heavy atom. The Hall–Kier alpha value is -2.58. The lowest BCUT2D eigenvalue weighted by molar-refractivity contribution is 0.376. The van der Waals surface area contributed by atoms with Crippen molar-refractivity contribution in [1.29, 1.82) is 0 Å². The molecule has 0 saturated heterocycles. The Kier molecular flexibility index (Phi) is 5.20. The minimum absolute atomic E-state index is 0.170. The molecule has 0 aliphatic rings. The molecule has 25 heavy (non-hydrogen) atoms. The molecule has 0 aliphatic heterocycles. The van der Waals surface area contributed by atoms with Crippen LogP contribution in [0.3, 0.4) is 0 Å². The van der Waals surface area contributed by atoms with Crippen molar-refractivity contribution in [1.82, 2.24) is 15.5 Å². The molecule has 3 aromatic rings. The Labute approximate surface area is 152 Å². The van der Waals surface area contributed by atoms with Crippen LogP contribution in [0.2, 0.25) is 5.02 Å². The average molecular weight is 381 g/mol. The first-order valence-electron chi connectivity index (χ1n) is 7.10. The minimum Gasteiger partial charge on any atom is -0.353 e. The van der Waals surface area contributed by atoms with Crippen molar-refractivity contribution < 1.29 is 13.3 Å². The van der Waals surface area contributed by atoms with Gasteiger partial charge in [0.15, 0.2) is 16.7 Å². The van der Waals surface area contributed by atoms with E-state index in [4.69, 9.17) is 28.3 Å². The molecular weight excluding hydrogens is 370 g/mol. The van der Waals surface area contributed by atoms with Crippen molar-refractivity contribution in [3.8, 4) is 11.4 Å². The normalized spacial score (nSPS) is 10.5. The number of halogens is 3. The number of thiocarbonyl (C=S) groups is 1. The lowest BCUT2D eigenvalue weighted by Gasteiger charge is -2.08.